The molecule has 0 saturated heterocycles. The Morgan fingerprint density at radius 3 is 0.509 bits per heavy atom. The van der Waals surface area contributed by atoms with Gasteiger partial charge in [-0.05, 0) is 84.6 Å². The molecular formula is C24H104BrN16O12P4+. The van der Waals surface area contributed by atoms with Crippen LogP contribution in [0.1, 0.15) is 7.43 Å². The molecule has 0 spiro atoms. The Morgan fingerprint density at radius 2 is 0.509 bits per heavy atom. The van der Waals surface area contributed by atoms with Crippen LogP contribution in [0, 0.1) is 0 Å². The molecule has 0 aromatic rings. The summed E-state index contributed by atoms with van der Waals surface area (Å²) in [7, 11) is 18.2. The predicted octanol–water partition coefficient (Wildman–Crippen LogP) is -0.603. The van der Waals surface area contributed by atoms with E-state index in [1.54, 1.807) is 0 Å². The molecule has 0 fully saturated rings. The van der Waals surface area contributed by atoms with Gasteiger partial charge in [-0.1, -0.05) is 23.4 Å². The number of hydrogen-bond donors (Lipinski definition) is 16. The van der Waals surface area contributed by atoms with E-state index in [4.69, 9.17) is 11.5 Å². The fourth-order valence-corrected chi connectivity index (χ4v) is 3.31. The Balaban J connectivity index is -0.0000000166. The van der Waals surface area contributed by atoms with Crippen LogP contribution >= 0.6 is 47.0 Å². The van der Waals surface area contributed by atoms with E-state index in [1.807, 2.05) is 0 Å². The van der Waals surface area contributed by atoms with Crippen LogP contribution < -0.4 is 92.6 Å². The summed E-state index contributed by atoms with van der Waals surface area (Å²) in [5.74, 6) is 0. The Labute approximate surface area is 359 Å². The number of nitrogens with two attached hydrogens (primary N) is 14. The molecule has 0 radical (unpaired) electrons. The van der Waals surface area contributed by atoms with Gasteiger partial charge < -0.3 is 120 Å². The molecule has 378 valence electrons. The molecule has 57 heavy (non-hydrogen) atoms. The topological polar surface area (TPSA) is 576 Å². The van der Waals surface area contributed by atoms with Crippen LogP contribution in [-0.2, 0) is 54.5 Å². The lowest BCUT2D eigenvalue weighted by molar-refractivity contribution is 0.275. The first-order valence-corrected chi connectivity index (χ1v) is 21.8. The second-order valence-electron chi connectivity index (χ2n) is 4.00. The Morgan fingerprint density at radius 1 is 0.386 bits per heavy atom. The van der Waals surface area contributed by atoms with Gasteiger partial charge in [-0.15, -0.1) is 9.05 Å². The Bertz CT molecular complexity index is 483. The molecular weight excluding hydrogens is 908 g/mol. The maximum Gasteiger partial charge on any atom is 0.696 e. The van der Waals surface area contributed by atoms with Crippen molar-refractivity contribution in [1.29, 1.82) is 0 Å². The first-order valence-electron chi connectivity index (χ1n) is 14.4. The highest BCUT2D eigenvalue weighted by molar-refractivity contribution is 9.10. The van der Waals surface area contributed by atoms with E-state index in [9.17, 15) is 18.3 Å². The van der Waals surface area contributed by atoms with Crippen molar-refractivity contribution in [1.82, 2.24) is 12.3 Å². The maximum atomic E-state index is 10.8. The molecule has 28 nitrogen and oxygen atoms in total. The molecule has 0 aliphatic carbocycles. The third-order valence-electron chi connectivity index (χ3n) is 2.56. The van der Waals surface area contributed by atoms with Gasteiger partial charge in [0.2, 0.25) is 0 Å². The van der Waals surface area contributed by atoms with Gasteiger partial charge in [0.25, 0.3) is 0 Å². The van der Waals surface area contributed by atoms with Crippen LogP contribution in [0.15, 0.2) is 0 Å². The van der Waals surface area contributed by atoms with Gasteiger partial charge in [0.05, 0.1) is 26.8 Å². The van der Waals surface area contributed by atoms with Crippen molar-refractivity contribution in [3.05, 3.63) is 0 Å². The van der Waals surface area contributed by atoms with E-state index >= 15 is 0 Å². The lowest BCUT2D eigenvalue weighted by Gasteiger charge is -2.08. The van der Waals surface area contributed by atoms with Crippen LogP contribution in [-0.4, -0.2) is 159 Å². The number of alkyl halides is 1. The first kappa shape index (κ1) is 124. The summed E-state index contributed by atoms with van der Waals surface area (Å²) in [4.78, 5) is 0. The van der Waals surface area contributed by atoms with Gasteiger partial charge >= 0.3 is 31.0 Å². The second-order valence-corrected chi connectivity index (χ2v) is 13.5. The molecule has 0 heterocycles. The summed E-state index contributed by atoms with van der Waals surface area (Å²) in [5, 5.41) is 0.243. The van der Waals surface area contributed by atoms with E-state index in [0.717, 1.165) is 0 Å². The molecule has 0 unspecified atom stereocenters. The van der Waals surface area contributed by atoms with Crippen molar-refractivity contribution >= 4 is 47.0 Å². The molecule has 0 rings (SSSR count). The molecule has 0 aliphatic heterocycles. The van der Waals surface area contributed by atoms with E-state index < -0.39 is 31.0 Å². The molecule has 33 heteroatoms. The van der Waals surface area contributed by atoms with E-state index in [1.165, 1.54) is 141 Å². The van der Waals surface area contributed by atoms with Crippen molar-refractivity contribution < 1.29 is 54.5 Å². The van der Waals surface area contributed by atoms with Crippen LogP contribution in [0.2, 0.25) is 0 Å². The smallest absolute Gasteiger partial charge is 0.344 e. The normalized spacial score (nSPS) is 7.14. The number of rotatable bonds is 11. The molecule has 0 saturated carbocycles. The van der Waals surface area contributed by atoms with Gasteiger partial charge in [0, 0.05) is 47.2 Å². The second kappa shape index (κ2) is 165. The maximum absolute atomic E-state index is 10.8. The van der Waals surface area contributed by atoms with Crippen molar-refractivity contribution in [3.8, 4) is 0 Å². The fraction of sp³-hybridized carbons (Fsp3) is 1.00. The zero-order chi connectivity index (χ0) is 48.9. The monoisotopic (exact) mass is 1010 g/mol. The minimum Gasteiger partial charge on any atom is -0.344 e. The molecule has 0 bridgehead atoms. The van der Waals surface area contributed by atoms with Gasteiger partial charge in [0.1, 0.15) is 5.07 Å². The standard InChI is InChI=1S/C3H8BrO3P.2C3H10NO3P.C2H6O3P.12CH5N.CH4.2H3N/c3*1-6-8(5,3-4)7-2;1-4-6(3)5-2;12*1-2;;;/h3H2,1-2H3;2*3-4H2,1-2H3;1-2H3;12*2H2,1H3;1H4;2*1H3/q;;;+1;;;;;;;;;;;;;;;. The third kappa shape index (κ3) is 169. The minimum absolute atomic E-state index is 0. The summed E-state index contributed by atoms with van der Waals surface area (Å²) in [6.07, 6.45) is -0.139. The van der Waals surface area contributed by atoms with Crippen LogP contribution in [0.3, 0.4) is 0 Å². The van der Waals surface area contributed by atoms with Crippen molar-refractivity contribution in [2.45, 2.75) is 7.43 Å². The lowest BCUT2D eigenvalue weighted by Crippen LogP contribution is -2.03. The highest BCUT2D eigenvalue weighted by atomic mass is 79.9. The van der Waals surface area contributed by atoms with Gasteiger partial charge in [0.15, 0.2) is 0 Å². The van der Waals surface area contributed by atoms with Gasteiger partial charge in [-0.3, -0.25) is 13.7 Å². The highest BCUT2D eigenvalue weighted by Crippen LogP contribution is 2.47. The third-order valence-corrected chi connectivity index (χ3v) is 9.53. The van der Waals surface area contributed by atoms with Crippen LogP contribution in [0.25, 0.3) is 0 Å². The molecule has 34 N–H and O–H groups in total. The number of halogens is 1. The van der Waals surface area contributed by atoms with Crippen LogP contribution in [0.5, 0.6) is 0 Å². The van der Waals surface area contributed by atoms with E-state index in [2.05, 4.69) is 121 Å². The average Bonchev–Trinajstić information content (AvgIpc) is 3.33. The van der Waals surface area contributed by atoms with Gasteiger partial charge in [-0.25, -0.2) is 0 Å². The summed E-state index contributed by atoms with van der Waals surface area (Å²) in [6, 6.07) is 0. The molecule has 0 aliphatic rings. The van der Waals surface area contributed by atoms with Crippen molar-refractivity contribution in [3.63, 3.8) is 0 Å². The average molecular weight is 1010 g/mol. The molecule has 0 aromatic heterocycles. The molecule has 0 atom stereocenters. The van der Waals surface area contributed by atoms with Crippen molar-refractivity contribution in [2.75, 3.05) is 159 Å². The largest absolute Gasteiger partial charge is 0.696 e. The zero-order valence-electron chi connectivity index (χ0n) is 38.7. The van der Waals surface area contributed by atoms with E-state index in [-0.39, 0.29) is 37.4 Å². The number of hydrogen-bond acceptors (Lipinski definition) is 28. The predicted molar refractivity (Wildman–Crippen MR) is 257 cm³/mol. The summed E-state index contributed by atoms with van der Waals surface area (Å²) >= 11 is 2.98. The SMILES string of the molecule is C.CN.CN.CN.CN.CN.CN.CN.CN.CN.CN.CN.CN.COP(=O)(CBr)OC.COP(=O)(CN)OC.COP(=O)(CN)OC.CO[P+](=O)OC.N.N. The Kier molecular flexibility index (Phi) is 358. The molecule has 0 aromatic carbocycles. The fourth-order valence-electron chi connectivity index (χ4n) is 0.694. The summed E-state index contributed by atoms with van der Waals surface area (Å²) in [5.41, 5.74) is 64.0. The van der Waals surface area contributed by atoms with Gasteiger partial charge in [-0.2, -0.15) is 0 Å². The Hall–Kier alpha value is 0.310. The summed E-state index contributed by atoms with van der Waals surface area (Å²) in [6.45, 7) is 0. The van der Waals surface area contributed by atoms with E-state index in [0.29, 0.717) is 0 Å². The van der Waals surface area contributed by atoms with Crippen molar-refractivity contribution in [2.24, 2.45) is 80.3 Å². The quantitative estimate of drug-likeness (QED) is 0.0907. The first-order chi connectivity index (χ1) is 25.9. The minimum atomic E-state index is -2.88. The molecule has 0 amide bonds. The highest BCUT2D eigenvalue weighted by Gasteiger charge is 2.18. The van der Waals surface area contributed by atoms with Crippen LogP contribution in [0.4, 0.5) is 0 Å². The summed E-state index contributed by atoms with van der Waals surface area (Å²) < 4.78 is 77.4. The lowest BCUT2D eigenvalue weighted by atomic mass is 11.5. The zero-order valence-corrected chi connectivity index (χ0v) is 43.8.